The number of para-hydroxylation sites is 1. The Hall–Kier alpha value is -1.51. The summed E-state index contributed by atoms with van der Waals surface area (Å²) in [7, 11) is 0. The normalized spacial score (nSPS) is 12.1. The van der Waals surface area contributed by atoms with E-state index >= 15 is 0 Å². The average molecular weight is 318 g/mol. The second kappa shape index (κ2) is 8.82. The first-order chi connectivity index (χ1) is 10.7. The predicted molar refractivity (Wildman–Crippen MR) is 94.6 cm³/mol. The number of hydrogen-bond acceptors (Lipinski definition) is 2. The molecule has 22 heavy (non-hydrogen) atoms. The predicted octanol–water partition coefficient (Wildman–Crippen LogP) is 5.16. The monoisotopic (exact) mass is 317 g/mol. The topological polar surface area (TPSA) is 12.5 Å². The Morgan fingerprint density at radius 1 is 1.00 bits per heavy atom. The lowest BCUT2D eigenvalue weighted by molar-refractivity contribution is 0.0429. The number of benzene rings is 2. The van der Waals surface area contributed by atoms with Gasteiger partial charge >= 0.3 is 0 Å². The fourth-order valence-electron chi connectivity index (χ4n) is 2.40. The zero-order valence-corrected chi connectivity index (χ0v) is 14.1. The van der Waals surface area contributed by atoms with Crippen molar-refractivity contribution in [2.24, 2.45) is 0 Å². The van der Waals surface area contributed by atoms with Crippen LogP contribution < -0.4 is 4.90 Å². The molecule has 118 valence electrons. The smallest absolute Gasteiger partial charge is 0.0751 e. The van der Waals surface area contributed by atoms with E-state index in [4.69, 9.17) is 16.3 Å². The molecule has 0 aromatic heterocycles. The van der Waals surface area contributed by atoms with Crippen molar-refractivity contribution in [2.45, 2.75) is 33.0 Å². The third-order valence-electron chi connectivity index (χ3n) is 3.78. The third kappa shape index (κ3) is 5.04. The van der Waals surface area contributed by atoms with E-state index in [1.54, 1.807) is 0 Å². The van der Waals surface area contributed by atoms with Crippen molar-refractivity contribution in [3.63, 3.8) is 0 Å². The van der Waals surface area contributed by atoms with E-state index in [-0.39, 0.29) is 6.10 Å². The second-order valence-corrected chi connectivity index (χ2v) is 5.78. The first-order valence-corrected chi connectivity index (χ1v) is 8.26. The highest BCUT2D eigenvalue weighted by Crippen LogP contribution is 2.16. The number of hydrogen-bond donors (Lipinski definition) is 0. The molecule has 0 saturated carbocycles. The number of halogens is 1. The molecule has 0 N–H and O–H groups in total. The van der Waals surface area contributed by atoms with E-state index < -0.39 is 0 Å². The molecule has 2 aromatic rings. The molecule has 0 saturated heterocycles. The molecule has 1 unspecified atom stereocenters. The van der Waals surface area contributed by atoms with Crippen LogP contribution in [0.4, 0.5) is 5.69 Å². The van der Waals surface area contributed by atoms with Crippen LogP contribution in [0.5, 0.6) is 0 Å². The zero-order valence-electron chi connectivity index (χ0n) is 13.3. The van der Waals surface area contributed by atoms with Gasteiger partial charge in [0, 0.05) is 23.8 Å². The molecular weight excluding hydrogens is 294 g/mol. The van der Waals surface area contributed by atoms with Crippen LogP contribution >= 0.6 is 11.6 Å². The first-order valence-electron chi connectivity index (χ1n) is 7.89. The van der Waals surface area contributed by atoms with Gasteiger partial charge < -0.3 is 9.64 Å². The van der Waals surface area contributed by atoms with Gasteiger partial charge in [-0.05, 0) is 43.2 Å². The summed E-state index contributed by atoms with van der Waals surface area (Å²) in [5, 5.41) is 0.761. The summed E-state index contributed by atoms with van der Waals surface area (Å²) in [6, 6.07) is 18.3. The summed E-state index contributed by atoms with van der Waals surface area (Å²) >= 11 is 5.91. The van der Waals surface area contributed by atoms with Crippen molar-refractivity contribution in [3.8, 4) is 0 Å². The maximum atomic E-state index is 6.09. The third-order valence-corrected chi connectivity index (χ3v) is 4.03. The molecule has 0 bridgehead atoms. The van der Waals surface area contributed by atoms with Gasteiger partial charge in [0.1, 0.15) is 0 Å². The Morgan fingerprint density at radius 2 is 1.68 bits per heavy atom. The van der Waals surface area contributed by atoms with Crippen LogP contribution in [0.15, 0.2) is 54.6 Å². The molecular formula is C19H24ClNO. The van der Waals surface area contributed by atoms with E-state index in [0.717, 1.165) is 30.1 Å². The van der Waals surface area contributed by atoms with Crippen LogP contribution in [0.1, 0.15) is 25.8 Å². The summed E-state index contributed by atoms with van der Waals surface area (Å²) in [5.41, 5.74) is 2.41. The number of nitrogens with zero attached hydrogens (tertiary/aromatic N) is 1. The summed E-state index contributed by atoms with van der Waals surface area (Å²) in [6.45, 7) is 6.86. The highest BCUT2D eigenvalue weighted by molar-refractivity contribution is 6.30. The van der Waals surface area contributed by atoms with E-state index in [1.165, 1.54) is 5.69 Å². The van der Waals surface area contributed by atoms with Crippen LogP contribution in [0.2, 0.25) is 5.02 Å². The summed E-state index contributed by atoms with van der Waals surface area (Å²) in [5.74, 6) is 0. The summed E-state index contributed by atoms with van der Waals surface area (Å²) < 4.78 is 6.09. The van der Waals surface area contributed by atoms with Gasteiger partial charge in [-0.15, -0.1) is 0 Å². The lowest BCUT2D eigenvalue weighted by Gasteiger charge is -2.28. The molecule has 0 fully saturated rings. The van der Waals surface area contributed by atoms with Gasteiger partial charge in [0.2, 0.25) is 0 Å². The highest BCUT2D eigenvalue weighted by Gasteiger charge is 2.12. The maximum Gasteiger partial charge on any atom is 0.0751 e. The van der Waals surface area contributed by atoms with Crippen LogP contribution in [0, 0.1) is 0 Å². The molecule has 2 aromatic carbocycles. The Kier molecular flexibility index (Phi) is 6.75. The van der Waals surface area contributed by atoms with Crippen LogP contribution in [0.3, 0.4) is 0 Å². The lowest BCUT2D eigenvalue weighted by Crippen LogP contribution is -2.33. The minimum Gasteiger partial charge on any atom is -0.372 e. The molecule has 0 spiro atoms. The molecule has 0 heterocycles. The largest absolute Gasteiger partial charge is 0.372 e. The highest BCUT2D eigenvalue weighted by atomic mass is 35.5. The van der Waals surface area contributed by atoms with Crippen molar-refractivity contribution in [3.05, 3.63) is 65.2 Å². The van der Waals surface area contributed by atoms with Gasteiger partial charge in [-0.3, -0.25) is 0 Å². The molecule has 0 amide bonds. The minimum atomic E-state index is 0.218. The minimum absolute atomic E-state index is 0.218. The molecule has 0 aliphatic heterocycles. The number of ether oxygens (including phenoxy) is 1. The Labute approximate surface area is 138 Å². The van der Waals surface area contributed by atoms with Gasteiger partial charge in [0.05, 0.1) is 12.7 Å². The Morgan fingerprint density at radius 3 is 2.27 bits per heavy atom. The van der Waals surface area contributed by atoms with E-state index in [0.29, 0.717) is 6.61 Å². The van der Waals surface area contributed by atoms with E-state index in [1.807, 2.05) is 30.3 Å². The quantitative estimate of drug-likeness (QED) is 0.666. The molecule has 0 aliphatic carbocycles. The lowest BCUT2D eigenvalue weighted by atomic mass is 10.2. The van der Waals surface area contributed by atoms with Gasteiger partial charge in [-0.1, -0.05) is 48.9 Å². The molecule has 3 heteroatoms. The molecule has 1 atom stereocenters. The van der Waals surface area contributed by atoms with Gasteiger partial charge in [0.25, 0.3) is 0 Å². The number of likely N-dealkylation sites (N-methyl/N-ethyl adjacent to an activating group) is 1. The number of anilines is 1. The van der Waals surface area contributed by atoms with Gasteiger partial charge in [-0.2, -0.15) is 0 Å². The molecule has 0 radical (unpaired) electrons. The van der Waals surface area contributed by atoms with Gasteiger partial charge in [-0.25, -0.2) is 0 Å². The fraction of sp³-hybridized carbons (Fsp3) is 0.368. The van der Waals surface area contributed by atoms with Gasteiger partial charge in [0.15, 0.2) is 0 Å². The summed E-state index contributed by atoms with van der Waals surface area (Å²) in [6.07, 6.45) is 1.22. The van der Waals surface area contributed by atoms with Crippen LogP contribution in [0.25, 0.3) is 0 Å². The van der Waals surface area contributed by atoms with E-state index in [2.05, 4.69) is 43.0 Å². The Bertz CT molecular complexity index is 541. The van der Waals surface area contributed by atoms with Crippen LogP contribution in [-0.4, -0.2) is 19.2 Å². The fourth-order valence-corrected chi connectivity index (χ4v) is 2.52. The van der Waals surface area contributed by atoms with Crippen molar-refractivity contribution in [1.82, 2.24) is 0 Å². The standard InChI is InChI=1S/C19H24ClNO/c1-3-19(22-15-16-10-12-17(20)13-11-16)14-21(4-2)18-8-6-5-7-9-18/h5-13,19H,3-4,14-15H2,1-2H3. The van der Waals surface area contributed by atoms with Crippen molar-refractivity contribution in [1.29, 1.82) is 0 Å². The maximum absolute atomic E-state index is 6.09. The molecule has 0 aliphatic rings. The summed E-state index contributed by atoms with van der Waals surface area (Å²) in [4.78, 5) is 2.36. The first kappa shape index (κ1) is 16.9. The van der Waals surface area contributed by atoms with Crippen molar-refractivity contribution >= 4 is 17.3 Å². The van der Waals surface area contributed by atoms with Crippen molar-refractivity contribution < 1.29 is 4.74 Å². The average Bonchev–Trinajstić information content (AvgIpc) is 2.57. The SMILES string of the molecule is CCC(CN(CC)c1ccccc1)OCc1ccc(Cl)cc1. The van der Waals surface area contributed by atoms with Crippen LogP contribution in [-0.2, 0) is 11.3 Å². The zero-order chi connectivity index (χ0) is 15.8. The molecule has 2 nitrogen and oxygen atoms in total. The second-order valence-electron chi connectivity index (χ2n) is 5.34. The van der Waals surface area contributed by atoms with E-state index in [9.17, 15) is 0 Å². The molecule has 2 rings (SSSR count). The van der Waals surface area contributed by atoms with Crippen molar-refractivity contribution in [2.75, 3.05) is 18.0 Å². The Balaban J connectivity index is 1.92. The number of rotatable bonds is 8.